The number of carboxylic acids is 1. The molecule has 92 valence electrons. The molecule has 0 saturated carbocycles. The zero-order valence-corrected chi connectivity index (χ0v) is 10.2. The van der Waals surface area contributed by atoms with Crippen molar-refractivity contribution < 1.29 is 14.6 Å². The van der Waals surface area contributed by atoms with Crippen molar-refractivity contribution >= 4 is 5.97 Å². The first-order valence-corrected chi connectivity index (χ1v) is 5.47. The van der Waals surface area contributed by atoms with Gasteiger partial charge in [0.05, 0.1) is 18.4 Å². The predicted molar refractivity (Wildman–Crippen MR) is 67.9 cm³/mol. The molecule has 0 radical (unpaired) electrons. The van der Waals surface area contributed by atoms with E-state index in [0.29, 0.717) is 5.69 Å². The molecule has 0 saturated heterocycles. The van der Waals surface area contributed by atoms with Crippen molar-refractivity contribution in [3.63, 3.8) is 0 Å². The summed E-state index contributed by atoms with van der Waals surface area (Å²) in [6.45, 7) is 1.83. The van der Waals surface area contributed by atoms with Gasteiger partial charge in [0.2, 0.25) is 0 Å². The lowest BCUT2D eigenvalue weighted by Gasteiger charge is -2.07. The van der Waals surface area contributed by atoms with Gasteiger partial charge in [-0.05, 0) is 43.3 Å². The van der Waals surface area contributed by atoms with Crippen molar-refractivity contribution in [1.82, 2.24) is 4.98 Å². The molecule has 4 nitrogen and oxygen atoms in total. The summed E-state index contributed by atoms with van der Waals surface area (Å²) in [5.74, 6) is -0.253. The first kappa shape index (κ1) is 12.1. The van der Waals surface area contributed by atoms with Crippen LogP contribution in [0.4, 0.5) is 0 Å². The normalized spacial score (nSPS) is 10.1. The molecule has 18 heavy (non-hydrogen) atoms. The number of carboxylic acid groups (broad SMARTS) is 1. The first-order valence-electron chi connectivity index (χ1n) is 5.47. The van der Waals surface area contributed by atoms with E-state index in [1.165, 1.54) is 0 Å². The first-order chi connectivity index (χ1) is 8.61. The topological polar surface area (TPSA) is 59.4 Å². The Kier molecular flexibility index (Phi) is 3.28. The van der Waals surface area contributed by atoms with Gasteiger partial charge >= 0.3 is 5.97 Å². The Labute approximate surface area is 105 Å². The summed E-state index contributed by atoms with van der Waals surface area (Å²) in [5.41, 5.74) is 2.22. The number of methoxy groups -OCH3 is 1. The number of hydrogen-bond donors (Lipinski definition) is 1. The molecule has 0 bridgehead atoms. The van der Waals surface area contributed by atoms with Crippen LogP contribution in [0.25, 0.3) is 11.3 Å². The second kappa shape index (κ2) is 4.87. The minimum absolute atomic E-state index is 0.200. The third-order valence-corrected chi connectivity index (χ3v) is 2.63. The molecule has 0 fully saturated rings. The minimum atomic E-state index is -0.978. The molecule has 2 rings (SSSR count). The number of pyridine rings is 1. The fourth-order valence-corrected chi connectivity index (χ4v) is 1.70. The van der Waals surface area contributed by atoms with Crippen molar-refractivity contribution in [2.45, 2.75) is 6.92 Å². The van der Waals surface area contributed by atoms with Crippen LogP contribution in [0.2, 0.25) is 0 Å². The summed E-state index contributed by atoms with van der Waals surface area (Å²) >= 11 is 0. The highest BCUT2D eigenvalue weighted by molar-refractivity contribution is 5.94. The molecule has 4 heteroatoms. The molecular formula is C14H13NO3. The number of aromatic nitrogens is 1. The highest BCUT2D eigenvalue weighted by Crippen LogP contribution is 2.24. The second-order valence-corrected chi connectivity index (χ2v) is 3.88. The van der Waals surface area contributed by atoms with Crippen LogP contribution in [-0.2, 0) is 0 Å². The highest BCUT2D eigenvalue weighted by atomic mass is 16.5. The summed E-state index contributed by atoms with van der Waals surface area (Å²) in [4.78, 5) is 15.5. The fraction of sp³-hybridized carbons (Fsp3) is 0.143. The predicted octanol–water partition coefficient (Wildman–Crippen LogP) is 2.76. The standard InChI is InChI=1S/C14H13NO3/c1-9-3-8-12(14(16)17)13(15-9)10-4-6-11(18-2)7-5-10/h3-8H,1-2H3,(H,16,17). The maximum Gasteiger partial charge on any atom is 0.337 e. The summed E-state index contributed by atoms with van der Waals surface area (Å²) in [5, 5.41) is 9.15. The number of ether oxygens (including phenoxy) is 1. The molecule has 2 aromatic rings. The number of carbonyl (C=O) groups is 1. The van der Waals surface area contributed by atoms with Gasteiger partial charge in [-0.3, -0.25) is 4.98 Å². The van der Waals surface area contributed by atoms with E-state index in [2.05, 4.69) is 4.98 Å². The van der Waals surface area contributed by atoms with Gasteiger partial charge in [0.15, 0.2) is 0 Å². The molecule has 0 unspecified atom stereocenters. The lowest BCUT2D eigenvalue weighted by Crippen LogP contribution is -2.02. The van der Waals surface area contributed by atoms with Crippen molar-refractivity contribution in [1.29, 1.82) is 0 Å². The van der Waals surface area contributed by atoms with Crippen molar-refractivity contribution in [2.75, 3.05) is 7.11 Å². The molecule has 1 N–H and O–H groups in total. The van der Waals surface area contributed by atoms with E-state index >= 15 is 0 Å². The van der Waals surface area contributed by atoms with Gasteiger partial charge in [0, 0.05) is 11.3 Å². The van der Waals surface area contributed by atoms with Gasteiger partial charge in [0.25, 0.3) is 0 Å². The highest BCUT2D eigenvalue weighted by Gasteiger charge is 2.13. The quantitative estimate of drug-likeness (QED) is 0.900. The average Bonchev–Trinajstić information content (AvgIpc) is 2.38. The van der Waals surface area contributed by atoms with E-state index in [1.54, 1.807) is 43.5 Å². The van der Waals surface area contributed by atoms with Crippen LogP contribution in [0.15, 0.2) is 36.4 Å². The third-order valence-electron chi connectivity index (χ3n) is 2.63. The molecule has 1 aromatic carbocycles. The van der Waals surface area contributed by atoms with E-state index in [0.717, 1.165) is 17.0 Å². The van der Waals surface area contributed by atoms with Gasteiger partial charge in [-0.1, -0.05) is 0 Å². The van der Waals surface area contributed by atoms with Crippen LogP contribution in [0.3, 0.4) is 0 Å². The van der Waals surface area contributed by atoms with Crippen LogP contribution >= 0.6 is 0 Å². The van der Waals surface area contributed by atoms with Crippen molar-refractivity contribution in [3.8, 4) is 17.0 Å². The van der Waals surface area contributed by atoms with Crippen molar-refractivity contribution in [3.05, 3.63) is 47.7 Å². The number of benzene rings is 1. The molecule has 1 heterocycles. The van der Waals surface area contributed by atoms with Crippen LogP contribution in [0.1, 0.15) is 16.1 Å². The van der Waals surface area contributed by atoms with Crippen LogP contribution in [0.5, 0.6) is 5.75 Å². The molecular weight excluding hydrogens is 230 g/mol. The summed E-state index contributed by atoms with van der Waals surface area (Å²) < 4.78 is 5.07. The molecule has 0 aliphatic carbocycles. The van der Waals surface area contributed by atoms with Gasteiger partial charge in [-0.25, -0.2) is 4.79 Å². The molecule has 0 spiro atoms. The summed E-state index contributed by atoms with van der Waals surface area (Å²) in [6, 6.07) is 10.4. The van der Waals surface area contributed by atoms with E-state index < -0.39 is 5.97 Å². The summed E-state index contributed by atoms with van der Waals surface area (Å²) in [7, 11) is 1.59. The Balaban J connectivity index is 2.54. The second-order valence-electron chi connectivity index (χ2n) is 3.88. The molecule has 0 aliphatic rings. The number of aromatic carboxylic acids is 1. The van der Waals surface area contributed by atoms with Gasteiger partial charge in [-0.15, -0.1) is 0 Å². The molecule has 1 aromatic heterocycles. The number of nitrogens with zero attached hydrogens (tertiary/aromatic N) is 1. The Morgan fingerprint density at radius 2 is 1.83 bits per heavy atom. The van der Waals surface area contributed by atoms with Gasteiger partial charge < -0.3 is 9.84 Å². The Bertz CT molecular complexity index is 576. The maximum absolute atomic E-state index is 11.2. The van der Waals surface area contributed by atoms with Gasteiger partial charge in [0.1, 0.15) is 5.75 Å². The van der Waals surface area contributed by atoms with Crippen LogP contribution in [0, 0.1) is 6.92 Å². The van der Waals surface area contributed by atoms with E-state index in [4.69, 9.17) is 9.84 Å². The maximum atomic E-state index is 11.2. The lowest BCUT2D eigenvalue weighted by molar-refractivity contribution is 0.0697. The number of rotatable bonds is 3. The monoisotopic (exact) mass is 243 g/mol. The van der Waals surface area contributed by atoms with E-state index in [1.807, 2.05) is 6.92 Å². The largest absolute Gasteiger partial charge is 0.497 e. The SMILES string of the molecule is COc1ccc(-c2nc(C)ccc2C(=O)O)cc1. The van der Waals surface area contributed by atoms with E-state index in [-0.39, 0.29) is 5.56 Å². The molecule has 0 aliphatic heterocycles. The van der Waals surface area contributed by atoms with Crippen molar-refractivity contribution in [2.24, 2.45) is 0 Å². The Morgan fingerprint density at radius 1 is 1.17 bits per heavy atom. The number of aryl methyl sites for hydroxylation is 1. The van der Waals surface area contributed by atoms with Crippen LogP contribution in [-0.4, -0.2) is 23.2 Å². The molecule has 0 amide bonds. The average molecular weight is 243 g/mol. The fourth-order valence-electron chi connectivity index (χ4n) is 1.70. The summed E-state index contributed by atoms with van der Waals surface area (Å²) in [6.07, 6.45) is 0. The third kappa shape index (κ3) is 2.32. The Hall–Kier alpha value is -2.36. The van der Waals surface area contributed by atoms with Crippen LogP contribution < -0.4 is 4.74 Å². The lowest BCUT2D eigenvalue weighted by atomic mass is 10.1. The molecule has 0 atom stereocenters. The zero-order valence-electron chi connectivity index (χ0n) is 10.2. The smallest absolute Gasteiger partial charge is 0.337 e. The van der Waals surface area contributed by atoms with E-state index in [9.17, 15) is 4.79 Å². The zero-order chi connectivity index (χ0) is 13.1. The minimum Gasteiger partial charge on any atom is -0.497 e. The number of hydrogen-bond acceptors (Lipinski definition) is 3. The Morgan fingerprint density at radius 3 is 2.39 bits per heavy atom. The van der Waals surface area contributed by atoms with Gasteiger partial charge in [-0.2, -0.15) is 0 Å².